The third kappa shape index (κ3) is 3.64. The number of benzene rings is 2. The zero-order valence-electron chi connectivity index (χ0n) is 10.9. The van der Waals surface area contributed by atoms with Gasteiger partial charge in [0.1, 0.15) is 0 Å². The minimum Gasteiger partial charge on any atom is -0.348 e. The van der Waals surface area contributed by atoms with Gasteiger partial charge < -0.3 is 5.32 Å². The summed E-state index contributed by atoms with van der Waals surface area (Å²) in [6.45, 7) is 0.178. The second-order valence-corrected chi connectivity index (χ2v) is 4.30. The Kier molecular flexibility index (Phi) is 4.26. The predicted octanol–water partition coefficient (Wildman–Crippen LogP) is 2.40. The fourth-order valence-electron chi connectivity index (χ4n) is 1.79. The van der Waals surface area contributed by atoms with Crippen LogP contribution >= 0.6 is 0 Å². The van der Waals surface area contributed by atoms with Crippen LogP contribution in [0.15, 0.2) is 48.5 Å². The molecule has 2 aromatic carbocycles. The Labute approximate surface area is 120 Å². The van der Waals surface area contributed by atoms with Crippen molar-refractivity contribution in [2.24, 2.45) is 0 Å². The molecule has 0 spiro atoms. The summed E-state index contributed by atoms with van der Waals surface area (Å²) >= 11 is 0. The highest BCUT2D eigenvalue weighted by Crippen LogP contribution is 2.13. The Morgan fingerprint density at radius 2 is 2.00 bits per heavy atom. The van der Waals surface area contributed by atoms with E-state index in [0.29, 0.717) is 16.7 Å². The predicted molar refractivity (Wildman–Crippen MR) is 75.4 cm³/mol. The fourth-order valence-corrected chi connectivity index (χ4v) is 1.79. The number of nitrogens with zero attached hydrogens (tertiary/aromatic N) is 2. The summed E-state index contributed by atoms with van der Waals surface area (Å²) in [4.78, 5) is 22.1. The van der Waals surface area contributed by atoms with Crippen molar-refractivity contribution >= 4 is 11.6 Å². The van der Waals surface area contributed by atoms with Crippen LogP contribution in [0.4, 0.5) is 5.69 Å². The van der Waals surface area contributed by atoms with Crippen LogP contribution in [0.3, 0.4) is 0 Å². The van der Waals surface area contributed by atoms with Crippen molar-refractivity contribution in [3.8, 4) is 6.07 Å². The average molecular weight is 281 g/mol. The van der Waals surface area contributed by atoms with E-state index >= 15 is 0 Å². The largest absolute Gasteiger partial charge is 0.348 e. The number of nitro groups is 1. The molecular weight excluding hydrogens is 270 g/mol. The zero-order valence-corrected chi connectivity index (χ0v) is 10.9. The lowest BCUT2D eigenvalue weighted by atomic mass is 10.1. The molecule has 0 heterocycles. The van der Waals surface area contributed by atoms with Gasteiger partial charge in [-0.2, -0.15) is 5.26 Å². The summed E-state index contributed by atoms with van der Waals surface area (Å²) in [5.41, 5.74) is 1.39. The van der Waals surface area contributed by atoms with Gasteiger partial charge in [0.05, 0.1) is 16.6 Å². The maximum absolute atomic E-state index is 12.0. The van der Waals surface area contributed by atoms with Crippen LogP contribution in [0.25, 0.3) is 0 Å². The van der Waals surface area contributed by atoms with Crippen LogP contribution in [0.1, 0.15) is 21.5 Å². The number of hydrogen-bond acceptors (Lipinski definition) is 4. The van der Waals surface area contributed by atoms with E-state index in [4.69, 9.17) is 5.26 Å². The topological polar surface area (TPSA) is 96.0 Å². The molecule has 0 saturated heterocycles. The molecular formula is C15H11N3O3. The number of amides is 1. The monoisotopic (exact) mass is 281 g/mol. The number of nitrogens with one attached hydrogen (secondary N) is 1. The lowest BCUT2D eigenvalue weighted by molar-refractivity contribution is -0.384. The minimum atomic E-state index is -0.484. The number of carbonyl (C=O) groups excluding carboxylic acids is 1. The van der Waals surface area contributed by atoms with E-state index in [1.165, 1.54) is 18.2 Å². The van der Waals surface area contributed by atoms with Gasteiger partial charge in [-0.05, 0) is 23.8 Å². The summed E-state index contributed by atoms with van der Waals surface area (Å²) in [5, 5.41) is 22.1. The van der Waals surface area contributed by atoms with E-state index < -0.39 is 4.92 Å². The molecule has 0 aliphatic carbocycles. The molecule has 6 nitrogen and oxygen atoms in total. The van der Waals surface area contributed by atoms with Crippen LogP contribution in [-0.2, 0) is 6.54 Å². The summed E-state index contributed by atoms with van der Waals surface area (Å²) < 4.78 is 0. The maximum Gasteiger partial charge on any atom is 0.269 e. The van der Waals surface area contributed by atoms with Crippen molar-refractivity contribution in [2.75, 3.05) is 0 Å². The maximum atomic E-state index is 12.0. The number of nitro benzene ring substituents is 1. The molecule has 0 unspecified atom stereocenters. The molecule has 0 saturated carbocycles. The van der Waals surface area contributed by atoms with Gasteiger partial charge in [0.25, 0.3) is 11.6 Å². The van der Waals surface area contributed by atoms with Crippen molar-refractivity contribution in [2.45, 2.75) is 6.54 Å². The summed E-state index contributed by atoms with van der Waals surface area (Å²) in [6, 6.07) is 14.3. The summed E-state index contributed by atoms with van der Waals surface area (Å²) in [7, 11) is 0. The first kappa shape index (κ1) is 14.2. The van der Waals surface area contributed by atoms with Gasteiger partial charge in [-0.3, -0.25) is 14.9 Å². The molecule has 1 amide bonds. The quantitative estimate of drug-likeness (QED) is 0.687. The number of rotatable bonds is 4. The second-order valence-electron chi connectivity index (χ2n) is 4.30. The molecule has 0 fully saturated rings. The molecule has 1 N–H and O–H groups in total. The van der Waals surface area contributed by atoms with Gasteiger partial charge in [-0.15, -0.1) is 0 Å². The Morgan fingerprint density at radius 3 is 2.71 bits per heavy atom. The average Bonchev–Trinajstić information content (AvgIpc) is 2.53. The first-order valence-electron chi connectivity index (χ1n) is 6.12. The van der Waals surface area contributed by atoms with Crippen molar-refractivity contribution in [3.05, 3.63) is 75.3 Å². The van der Waals surface area contributed by atoms with Crippen molar-refractivity contribution in [1.29, 1.82) is 5.26 Å². The molecule has 6 heteroatoms. The lowest BCUT2D eigenvalue weighted by Gasteiger charge is -2.05. The van der Waals surface area contributed by atoms with Crippen LogP contribution < -0.4 is 5.32 Å². The number of hydrogen-bond donors (Lipinski definition) is 1. The SMILES string of the molecule is N#Cc1cccc(C(=O)NCc2cccc([N+](=O)[O-])c2)c1. The van der Waals surface area contributed by atoms with Crippen LogP contribution in [0, 0.1) is 21.4 Å². The van der Waals surface area contributed by atoms with Gasteiger partial charge in [-0.25, -0.2) is 0 Å². The molecule has 2 rings (SSSR count). The third-order valence-corrected chi connectivity index (χ3v) is 2.83. The highest BCUT2D eigenvalue weighted by Gasteiger charge is 2.08. The standard InChI is InChI=1S/C15H11N3O3/c16-9-11-3-1-5-13(7-11)15(19)17-10-12-4-2-6-14(8-12)18(20)21/h1-8H,10H2,(H,17,19). The van der Waals surface area contributed by atoms with Gasteiger partial charge in [0.15, 0.2) is 0 Å². The normalized spacial score (nSPS) is 9.67. The summed E-state index contributed by atoms with van der Waals surface area (Å²) in [5.74, 6) is -0.335. The molecule has 0 bridgehead atoms. The molecule has 0 aliphatic heterocycles. The first-order chi connectivity index (χ1) is 10.1. The van der Waals surface area contributed by atoms with E-state index in [0.717, 1.165) is 0 Å². The fraction of sp³-hybridized carbons (Fsp3) is 0.0667. The minimum absolute atomic E-state index is 0.0202. The van der Waals surface area contributed by atoms with Gasteiger partial charge in [0.2, 0.25) is 0 Å². The molecule has 21 heavy (non-hydrogen) atoms. The molecule has 0 aliphatic rings. The number of nitriles is 1. The Hall–Kier alpha value is -3.20. The van der Waals surface area contributed by atoms with Crippen molar-refractivity contribution in [1.82, 2.24) is 5.32 Å². The van der Waals surface area contributed by atoms with E-state index in [2.05, 4.69) is 5.32 Å². The third-order valence-electron chi connectivity index (χ3n) is 2.83. The zero-order chi connectivity index (χ0) is 15.2. The van der Waals surface area contributed by atoms with E-state index in [-0.39, 0.29) is 18.1 Å². The van der Waals surface area contributed by atoms with Crippen LogP contribution in [0.2, 0.25) is 0 Å². The molecule has 0 aromatic heterocycles. The number of non-ortho nitro benzene ring substituents is 1. The van der Waals surface area contributed by atoms with Crippen molar-refractivity contribution < 1.29 is 9.72 Å². The molecule has 0 atom stereocenters. The van der Waals surface area contributed by atoms with Crippen LogP contribution in [-0.4, -0.2) is 10.8 Å². The Morgan fingerprint density at radius 1 is 1.24 bits per heavy atom. The molecule has 2 aromatic rings. The Balaban J connectivity index is 2.05. The van der Waals surface area contributed by atoms with E-state index in [9.17, 15) is 14.9 Å². The molecule has 0 radical (unpaired) electrons. The smallest absolute Gasteiger partial charge is 0.269 e. The lowest BCUT2D eigenvalue weighted by Crippen LogP contribution is -2.22. The molecule has 104 valence electrons. The first-order valence-corrected chi connectivity index (χ1v) is 6.12. The van der Waals surface area contributed by atoms with Gasteiger partial charge >= 0.3 is 0 Å². The number of carbonyl (C=O) groups is 1. The van der Waals surface area contributed by atoms with Crippen LogP contribution in [0.5, 0.6) is 0 Å². The Bertz CT molecular complexity index is 735. The van der Waals surface area contributed by atoms with E-state index in [1.54, 1.807) is 30.3 Å². The highest BCUT2D eigenvalue weighted by atomic mass is 16.6. The highest BCUT2D eigenvalue weighted by molar-refractivity contribution is 5.94. The van der Waals surface area contributed by atoms with Gasteiger partial charge in [0, 0.05) is 24.2 Å². The van der Waals surface area contributed by atoms with Crippen molar-refractivity contribution in [3.63, 3.8) is 0 Å². The van der Waals surface area contributed by atoms with Gasteiger partial charge in [-0.1, -0.05) is 18.2 Å². The summed E-state index contributed by atoms with van der Waals surface area (Å²) in [6.07, 6.45) is 0. The van der Waals surface area contributed by atoms with E-state index in [1.807, 2.05) is 6.07 Å². The second kappa shape index (κ2) is 6.30.